The van der Waals surface area contributed by atoms with Gasteiger partial charge in [-0.3, -0.25) is 0 Å². The van der Waals surface area contributed by atoms with Gasteiger partial charge in [0.05, 0.1) is 10.9 Å². The van der Waals surface area contributed by atoms with E-state index in [0.717, 1.165) is 18.8 Å². The van der Waals surface area contributed by atoms with Crippen molar-refractivity contribution >= 4 is 15.9 Å². The molecule has 0 spiro atoms. The Labute approximate surface area is 114 Å². The predicted octanol–water partition coefficient (Wildman–Crippen LogP) is 3.70. The number of aromatic nitrogens is 3. The monoisotopic (exact) mass is 311 g/mol. The number of alkyl halides is 1. The summed E-state index contributed by atoms with van der Waals surface area (Å²) in [7, 11) is 0. The highest BCUT2D eigenvalue weighted by molar-refractivity contribution is 9.08. The molecule has 0 aliphatic heterocycles. The fraction of sp³-hybridized carbons (Fsp3) is 0.385. The number of nitrogens with zero attached hydrogens (tertiary/aromatic N) is 3. The molecule has 0 bridgehead atoms. The first-order chi connectivity index (χ1) is 8.69. The Morgan fingerprint density at radius 1 is 1.33 bits per heavy atom. The summed E-state index contributed by atoms with van der Waals surface area (Å²) in [6.45, 7) is 4.62. The zero-order chi connectivity index (χ0) is 13.1. The second kappa shape index (κ2) is 5.61. The molecule has 2 rings (SSSR count). The minimum Gasteiger partial charge on any atom is -0.310 e. The van der Waals surface area contributed by atoms with E-state index in [2.05, 4.69) is 33.1 Å². The summed E-state index contributed by atoms with van der Waals surface area (Å²) < 4.78 is 16.1. The zero-order valence-corrected chi connectivity index (χ0v) is 12.0. The molecule has 0 amide bonds. The van der Waals surface area contributed by atoms with E-state index in [1.807, 2.05) is 10.6 Å². The van der Waals surface area contributed by atoms with Crippen LogP contribution in [0.4, 0.5) is 4.39 Å². The standard InChI is InChI=1S/C13H15BrFN3/c1-3-7-18-11(8-14)16-17-13(18)10-6-4-5-9(2)12(10)15/h4-6H,3,7-8H2,1-2H3. The second-order valence-electron chi connectivity index (χ2n) is 4.16. The largest absolute Gasteiger partial charge is 0.310 e. The normalized spacial score (nSPS) is 10.9. The van der Waals surface area contributed by atoms with E-state index >= 15 is 0 Å². The van der Waals surface area contributed by atoms with Gasteiger partial charge in [0.2, 0.25) is 0 Å². The fourth-order valence-corrected chi connectivity index (χ4v) is 2.33. The first-order valence-corrected chi connectivity index (χ1v) is 7.04. The molecule has 5 heteroatoms. The molecule has 2 aromatic rings. The van der Waals surface area contributed by atoms with E-state index in [0.29, 0.717) is 22.3 Å². The summed E-state index contributed by atoms with van der Waals surface area (Å²) in [6.07, 6.45) is 0.957. The summed E-state index contributed by atoms with van der Waals surface area (Å²) in [4.78, 5) is 0. The van der Waals surface area contributed by atoms with Crippen molar-refractivity contribution in [3.05, 3.63) is 35.4 Å². The lowest BCUT2D eigenvalue weighted by molar-refractivity contribution is 0.613. The van der Waals surface area contributed by atoms with Crippen LogP contribution >= 0.6 is 15.9 Å². The number of rotatable bonds is 4. The van der Waals surface area contributed by atoms with Gasteiger partial charge in [-0.15, -0.1) is 10.2 Å². The van der Waals surface area contributed by atoms with Crippen molar-refractivity contribution in [1.82, 2.24) is 14.8 Å². The second-order valence-corrected chi connectivity index (χ2v) is 4.72. The zero-order valence-electron chi connectivity index (χ0n) is 10.5. The minimum absolute atomic E-state index is 0.219. The van der Waals surface area contributed by atoms with E-state index in [4.69, 9.17) is 0 Å². The lowest BCUT2D eigenvalue weighted by atomic mass is 10.1. The van der Waals surface area contributed by atoms with Crippen LogP contribution in [0.2, 0.25) is 0 Å². The van der Waals surface area contributed by atoms with Crippen molar-refractivity contribution in [2.45, 2.75) is 32.1 Å². The Kier molecular flexibility index (Phi) is 4.11. The number of halogens is 2. The molecule has 0 radical (unpaired) electrons. The first-order valence-electron chi connectivity index (χ1n) is 5.92. The number of benzene rings is 1. The van der Waals surface area contributed by atoms with Crippen LogP contribution in [0.1, 0.15) is 24.7 Å². The molecule has 3 nitrogen and oxygen atoms in total. The van der Waals surface area contributed by atoms with Gasteiger partial charge in [-0.05, 0) is 25.0 Å². The van der Waals surface area contributed by atoms with Crippen LogP contribution in [0.25, 0.3) is 11.4 Å². The Balaban J connectivity index is 2.56. The fourth-order valence-electron chi connectivity index (χ4n) is 1.91. The average Bonchev–Trinajstić information content (AvgIpc) is 2.76. The van der Waals surface area contributed by atoms with Gasteiger partial charge in [0.1, 0.15) is 11.6 Å². The predicted molar refractivity (Wildman–Crippen MR) is 73.1 cm³/mol. The molecule has 1 aromatic carbocycles. The van der Waals surface area contributed by atoms with Gasteiger partial charge >= 0.3 is 0 Å². The van der Waals surface area contributed by atoms with E-state index < -0.39 is 0 Å². The quantitative estimate of drug-likeness (QED) is 0.806. The number of aryl methyl sites for hydroxylation is 1. The Morgan fingerprint density at radius 2 is 2.11 bits per heavy atom. The molecule has 0 unspecified atom stereocenters. The molecule has 96 valence electrons. The third-order valence-electron chi connectivity index (χ3n) is 2.83. The van der Waals surface area contributed by atoms with Gasteiger partial charge in [-0.2, -0.15) is 0 Å². The maximum Gasteiger partial charge on any atom is 0.166 e. The molecule has 0 fully saturated rings. The smallest absolute Gasteiger partial charge is 0.166 e. The lowest BCUT2D eigenvalue weighted by Crippen LogP contribution is -2.05. The highest BCUT2D eigenvalue weighted by Gasteiger charge is 2.16. The maximum absolute atomic E-state index is 14.1. The van der Waals surface area contributed by atoms with Crippen LogP contribution in [0.15, 0.2) is 18.2 Å². The van der Waals surface area contributed by atoms with Crippen LogP contribution in [0.5, 0.6) is 0 Å². The summed E-state index contributed by atoms with van der Waals surface area (Å²) in [5.74, 6) is 1.21. The maximum atomic E-state index is 14.1. The number of hydrogen-bond donors (Lipinski definition) is 0. The van der Waals surface area contributed by atoms with E-state index in [9.17, 15) is 4.39 Å². The van der Waals surface area contributed by atoms with Crippen LogP contribution < -0.4 is 0 Å². The van der Waals surface area contributed by atoms with E-state index in [1.165, 1.54) is 0 Å². The lowest BCUT2D eigenvalue weighted by Gasteiger charge is -2.09. The van der Waals surface area contributed by atoms with E-state index in [1.54, 1.807) is 19.1 Å². The molecule has 1 heterocycles. The third kappa shape index (κ3) is 2.32. The summed E-state index contributed by atoms with van der Waals surface area (Å²) in [6, 6.07) is 5.34. The Morgan fingerprint density at radius 3 is 2.78 bits per heavy atom. The van der Waals surface area contributed by atoms with Crippen LogP contribution in [-0.4, -0.2) is 14.8 Å². The first kappa shape index (κ1) is 13.2. The summed E-state index contributed by atoms with van der Waals surface area (Å²) in [5, 5.41) is 8.84. The third-order valence-corrected chi connectivity index (χ3v) is 3.33. The molecule has 18 heavy (non-hydrogen) atoms. The van der Waals surface area contributed by atoms with E-state index in [-0.39, 0.29) is 5.82 Å². The average molecular weight is 312 g/mol. The molecule has 0 saturated carbocycles. The van der Waals surface area contributed by atoms with Gasteiger partial charge in [-0.25, -0.2) is 4.39 Å². The van der Waals surface area contributed by atoms with Crippen molar-refractivity contribution in [2.75, 3.05) is 0 Å². The summed E-state index contributed by atoms with van der Waals surface area (Å²) in [5.41, 5.74) is 1.14. The molecular weight excluding hydrogens is 297 g/mol. The van der Waals surface area contributed by atoms with Gasteiger partial charge in [0.25, 0.3) is 0 Å². The molecule has 0 saturated heterocycles. The van der Waals surface area contributed by atoms with Gasteiger partial charge in [-0.1, -0.05) is 35.0 Å². The molecule has 0 aliphatic rings. The van der Waals surface area contributed by atoms with Crippen LogP contribution in [-0.2, 0) is 11.9 Å². The minimum atomic E-state index is -0.219. The molecule has 1 aromatic heterocycles. The van der Waals surface area contributed by atoms with Crippen molar-refractivity contribution in [1.29, 1.82) is 0 Å². The van der Waals surface area contributed by atoms with Gasteiger partial charge in [0, 0.05) is 6.54 Å². The Hall–Kier alpha value is -1.23. The highest BCUT2D eigenvalue weighted by atomic mass is 79.9. The highest BCUT2D eigenvalue weighted by Crippen LogP contribution is 2.24. The van der Waals surface area contributed by atoms with Crippen molar-refractivity contribution in [3.8, 4) is 11.4 Å². The SMILES string of the molecule is CCCn1c(CBr)nnc1-c1cccc(C)c1F. The molecule has 0 N–H and O–H groups in total. The van der Waals surface area contributed by atoms with Crippen LogP contribution in [0, 0.1) is 12.7 Å². The van der Waals surface area contributed by atoms with Crippen molar-refractivity contribution < 1.29 is 4.39 Å². The molecule has 0 atom stereocenters. The topological polar surface area (TPSA) is 30.7 Å². The van der Waals surface area contributed by atoms with Gasteiger partial charge < -0.3 is 4.57 Å². The summed E-state index contributed by atoms with van der Waals surface area (Å²) >= 11 is 3.38. The number of hydrogen-bond acceptors (Lipinski definition) is 2. The molecular formula is C13H15BrFN3. The molecule has 0 aliphatic carbocycles. The van der Waals surface area contributed by atoms with Crippen molar-refractivity contribution in [3.63, 3.8) is 0 Å². The Bertz CT molecular complexity index is 551. The van der Waals surface area contributed by atoms with Crippen LogP contribution in [0.3, 0.4) is 0 Å². The van der Waals surface area contributed by atoms with Crippen molar-refractivity contribution in [2.24, 2.45) is 0 Å². The van der Waals surface area contributed by atoms with Gasteiger partial charge in [0.15, 0.2) is 5.82 Å².